The topological polar surface area (TPSA) is 72.2 Å². The predicted octanol–water partition coefficient (Wildman–Crippen LogP) is 3.98. The van der Waals surface area contributed by atoms with Crippen LogP contribution in [0.5, 0.6) is 0 Å². The van der Waals surface area contributed by atoms with Crippen molar-refractivity contribution in [3.8, 4) is 0 Å². The van der Waals surface area contributed by atoms with Gasteiger partial charge in [0.25, 0.3) is 5.69 Å². The molecule has 0 fully saturated rings. The van der Waals surface area contributed by atoms with E-state index in [9.17, 15) is 14.9 Å². The second kappa shape index (κ2) is 7.10. The third kappa shape index (κ3) is 4.47. The van der Waals surface area contributed by atoms with E-state index in [2.05, 4.69) is 5.32 Å². The molecule has 1 amide bonds. The predicted molar refractivity (Wildman–Crippen MR) is 83.9 cm³/mol. The van der Waals surface area contributed by atoms with Crippen LogP contribution in [0, 0.1) is 10.1 Å². The molecule has 0 spiro atoms. The maximum absolute atomic E-state index is 11.8. The standard InChI is InChI=1S/C14H11ClN2O3S/c15-12-7-6-10(8-13(12)17(19)20)16-14(18)9-21-11-4-2-1-3-5-11/h1-8H,9H2,(H,16,18). The van der Waals surface area contributed by atoms with Crippen molar-refractivity contribution < 1.29 is 9.72 Å². The van der Waals surface area contributed by atoms with Crippen LogP contribution < -0.4 is 5.32 Å². The van der Waals surface area contributed by atoms with Gasteiger partial charge in [-0.15, -0.1) is 11.8 Å². The fourth-order valence-corrected chi connectivity index (χ4v) is 2.50. The summed E-state index contributed by atoms with van der Waals surface area (Å²) in [4.78, 5) is 23.0. The molecular formula is C14H11ClN2O3S. The lowest BCUT2D eigenvalue weighted by Crippen LogP contribution is -2.14. The quantitative estimate of drug-likeness (QED) is 0.513. The maximum Gasteiger partial charge on any atom is 0.289 e. The van der Waals surface area contributed by atoms with E-state index in [1.54, 1.807) is 0 Å². The first kappa shape index (κ1) is 15.3. The minimum absolute atomic E-state index is 0.0386. The molecule has 0 saturated heterocycles. The van der Waals surface area contributed by atoms with Crippen LogP contribution in [0.15, 0.2) is 53.4 Å². The van der Waals surface area contributed by atoms with Crippen molar-refractivity contribution in [2.75, 3.05) is 11.1 Å². The molecular weight excluding hydrogens is 312 g/mol. The first-order chi connectivity index (χ1) is 10.1. The number of anilines is 1. The molecule has 0 bridgehead atoms. The van der Waals surface area contributed by atoms with Gasteiger partial charge < -0.3 is 5.32 Å². The number of nitro groups is 1. The van der Waals surface area contributed by atoms with Crippen molar-refractivity contribution in [2.24, 2.45) is 0 Å². The molecule has 0 radical (unpaired) electrons. The number of nitrogens with zero attached hydrogens (tertiary/aromatic N) is 1. The number of nitro benzene ring substituents is 1. The molecule has 0 saturated carbocycles. The second-order valence-electron chi connectivity index (χ2n) is 4.07. The van der Waals surface area contributed by atoms with Gasteiger partial charge in [-0.05, 0) is 24.3 Å². The first-order valence-corrected chi connectivity index (χ1v) is 7.34. The monoisotopic (exact) mass is 322 g/mol. The summed E-state index contributed by atoms with van der Waals surface area (Å²) in [5, 5.41) is 13.4. The van der Waals surface area contributed by atoms with E-state index in [-0.39, 0.29) is 22.4 Å². The molecule has 5 nitrogen and oxygen atoms in total. The Morgan fingerprint density at radius 1 is 1.24 bits per heavy atom. The van der Waals surface area contributed by atoms with E-state index in [4.69, 9.17) is 11.6 Å². The van der Waals surface area contributed by atoms with Crippen LogP contribution in [0.4, 0.5) is 11.4 Å². The second-order valence-corrected chi connectivity index (χ2v) is 5.53. The summed E-state index contributed by atoms with van der Waals surface area (Å²) in [7, 11) is 0. The Morgan fingerprint density at radius 2 is 1.95 bits per heavy atom. The Kier molecular flexibility index (Phi) is 5.19. The average Bonchev–Trinajstić information content (AvgIpc) is 2.48. The van der Waals surface area contributed by atoms with Gasteiger partial charge in [-0.1, -0.05) is 29.8 Å². The van der Waals surface area contributed by atoms with Crippen LogP contribution in [-0.4, -0.2) is 16.6 Å². The van der Waals surface area contributed by atoms with Gasteiger partial charge in [-0.25, -0.2) is 0 Å². The molecule has 0 aliphatic rings. The number of carbonyl (C=O) groups excluding carboxylic acids is 1. The Bertz CT molecular complexity index is 665. The molecule has 108 valence electrons. The SMILES string of the molecule is O=C(CSc1ccccc1)Nc1ccc(Cl)c([N+](=O)[O-])c1. The summed E-state index contributed by atoms with van der Waals surface area (Å²) in [6.45, 7) is 0. The van der Waals surface area contributed by atoms with Crippen molar-refractivity contribution in [1.29, 1.82) is 0 Å². The zero-order chi connectivity index (χ0) is 15.2. The van der Waals surface area contributed by atoms with E-state index in [1.807, 2.05) is 30.3 Å². The van der Waals surface area contributed by atoms with Gasteiger partial charge in [0.15, 0.2) is 0 Å². The van der Waals surface area contributed by atoms with Crippen molar-refractivity contribution in [3.63, 3.8) is 0 Å². The number of hydrogen-bond donors (Lipinski definition) is 1. The molecule has 2 aromatic rings. The zero-order valence-electron chi connectivity index (χ0n) is 10.8. The lowest BCUT2D eigenvalue weighted by molar-refractivity contribution is -0.384. The smallest absolute Gasteiger partial charge is 0.289 e. The summed E-state index contributed by atoms with van der Waals surface area (Å²) < 4.78 is 0. The number of nitrogens with one attached hydrogen (secondary N) is 1. The first-order valence-electron chi connectivity index (χ1n) is 5.98. The number of halogens is 1. The molecule has 0 unspecified atom stereocenters. The number of amides is 1. The van der Waals surface area contributed by atoms with Crippen LogP contribution >= 0.6 is 23.4 Å². The molecule has 0 heterocycles. The normalized spacial score (nSPS) is 10.1. The summed E-state index contributed by atoms with van der Waals surface area (Å²) in [5.41, 5.74) is 0.120. The van der Waals surface area contributed by atoms with Gasteiger partial charge in [0.1, 0.15) is 5.02 Å². The maximum atomic E-state index is 11.8. The van der Waals surface area contributed by atoms with E-state index < -0.39 is 4.92 Å². The molecule has 0 aliphatic heterocycles. The third-order valence-electron chi connectivity index (χ3n) is 2.54. The van der Waals surface area contributed by atoms with E-state index in [0.717, 1.165) is 4.90 Å². The Labute approximate surface area is 130 Å². The van der Waals surface area contributed by atoms with Crippen LogP contribution in [-0.2, 0) is 4.79 Å². The van der Waals surface area contributed by atoms with Gasteiger partial charge in [0, 0.05) is 16.6 Å². The molecule has 1 N–H and O–H groups in total. The van der Waals surface area contributed by atoms with E-state index in [1.165, 1.54) is 30.0 Å². The molecule has 2 aromatic carbocycles. The Morgan fingerprint density at radius 3 is 2.62 bits per heavy atom. The zero-order valence-corrected chi connectivity index (χ0v) is 12.4. The van der Waals surface area contributed by atoms with Gasteiger partial charge >= 0.3 is 0 Å². The van der Waals surface area contributed by atoms with Gasteiger partial charge in [0.05, 0.1) is 10.7 Å². The van der Waals surface area contributed by atoms with Crippen LogP contribution in [0.25, 0.3) is 0 Å². The minimum atomic E-state index is -0.587. The number of carbonyl (C=O) groups is 1. The largest absolute Gasteiger partial charge is 0.325 e. The van der Waals surface area contributed by atoms with E-state index in [0.29, 0.717) is 5.69 Å². The van der Waals surface area contributed by atoms with Crippen molar-refractivity contribution in [1.82, 2.24) is 0 Å². The van der Waals surface area contributed by atoms with Crippen LogP contribution in [0.1, 0.15) is 0 Å². The van der Waals surface area contributed by atoms with Crippen LogP contribution in [0.3, 0.4) is 0 Å². The fourth-order valence-electron chi connectivity index (χ4n) is 1.59. The van der Waals surface area contributed by atoms with Gasteiger partial charge in [-0.3, -0.25) is 14.9 Å². The summed E-state index contributed by atoms with van der Waals surface area (Å²) in [6.07, 6.45) is 0. The summed E-state index contributed by atoms with van der Waals surface area (Å²) in [5.74, 6) is -0.0130. The highest BCUT2D eigenvalue weighted by Gasteiger charge is 2.13. The van der Waals surface area contributed by atoms with Crippen LogP contribution in [0.2, 0.25) is 5.02 Å². The van der Waals surface area contributed by atoms with Crippen molar-refractivity contribution in [2.45, 2.75) is 4.90 Å². The summed E-state index contributed by atoms with van der Waals surface area (Å²) in [6, 6.07) is 13.7. The molecule has 2 rings (SSSR count). The molecule has 0 aliphatic carbocycles. The summed E-state index contributed by atoms with van der Waals surface area (Å²) >= 11 is 7.10. The van der Waals surface area contributed by atoms with Crippen molar-refractivity contribution >= 4 is 40.6 Å². The highest BCUT2D eigenvalue weighted by molar-refractivity contribution is 8.00. The lowest BCUT2D eigenvalue weighted by Gasteiger charge is -2.05. The van der Waals surface area contributed by atoms with Crippen molar-refractivity contribution in [3.05, 3.63) is 63.7 Å². The minimum Gasteiger partial charge on any atom is -0.325 e. The number of thioether (sulfide) groups is 1. The molecule has 0 aromatic heterocycles. The van der Waals surface area contributed by atoms with Gasteiger partial charge in [-0.2, -0.15) is 0 Å². The number of benzene rings is 2. The number of hydrogen-bond acceptors (Lipinski definition) is 4. The molecule has 7 heteroatoms. The fraction of sp³-hybridized carbons (Fsp3) is 0.0714. The highest BCUT2D eigenvalue weighted by Crippen LogP contribution is 2.27. The average molecular weight is 323 g/mol. The lowest BCUT2D eigenvalue weighted by atomic mass is 10.3. The van der Waals surface area contributed by atoms with E-state index >= 15 is 0 Å². The Balaban J connectivity index is 1.97. The Hall–Kier alpha value is -2.05. The molecule has 21 heavy (non-hydrogen) atoms. The number of rotatable bonds is 5. The van der Waals surface area contributed by atoms with Gasteiger partial charge in [0.2, 0.25) is 5.91 Å². The molecule has 0 atom stereocenters. The highest BCUT2D eigenvalue weighted by atomic mass is 35.5. The third-order valence-corrected chi connectivity index (χ3v) is 3.87.